The summed E-state index contributed by atoms with van der Waals surface area (Å²) in [6.45, 7) is 0. The summed E-state index contributed by atoms with van der Waals surface area (Å²) in [4.78, 5) is 13.2. The Balaban J connectivity index is 1.72. The van der Waals surface area contributed by atoms with E-state index in [1.165, 1.54) is 4.68 Å². The smallest absolute Gasteiger partial charge is 0.267 e. The van der Waals surface area contributed by atoms with Crippen molar-refractivity contribution in [3.63, 3.8) is 0 Å². The van der Waals surface area contributed by atoms with Crippen LogP contribution in [0.25, 0.3) is 49.6 Å². The topological polar surface area (TPSA) is 34.9 Å². The van der Waals surface area contributed by atoms with Crippen LogP contribution in [0.1, 0.15) is 0 Å². The molecular weight excluding hydrogens is 332 g/mol. The van der Waals surface area contributed by atoms with Crippen LogP contribution in [-0.4, -0.2) is 9.78 Å². The van der Waals surface area contributed by atoms with Crippen LogP contribution in [0.15, 0.2) is 89.7 Å². The van der Waals surface area contributed by atoms with Crippen molar-refractivity contribution in [2.24, 2.45) is 0 Å². The molecule has 0 atom stereocenters. The first-order chi connectivity index (χ1) is 13.3. The predicted molar refractivity (Wildman–Crippen MR) is 109 cm³/mol. The van der Waals surface area contributed by atoms with Crippen molar-refractivity contribution in [3.05, 3.63) is 95.3 Å². The maximum atomic E-state index is 13.2. The van der Waals surface area contributed by atoms with E-state index in [0.717, 1.165) is 44.2 Å². The van der Waals surface area contributed by atoms with Crippen molar-refractivity contribution >= 4 is 21.5 Å². The van der Waals surface area contributed by atoms with Crippen molar-refractivity contribution in [2.75, 3.05) is 0 Å². The molecule has 0 unspecified atom stereocenters. The van der Waals surface area contributed by atoms with Gasteiger partial charge < -0.3 is 0 Å². The number of rotatable bonds is 1. The molecule has 0 bridgehead atoms. The normalized spacial score (nSPS) is 11.9. The lowest BCUT2D eigenvalue weighted by molar-refractivity contribution is 0.829. The summed E-state index contributed by atoms with van der Waals surface area (Å²) in [7, 11) is 0. The van der Waals surface area contributed by atoms with Crippen LogP contribution in [0, 0.1) is 0 Å². The summed E-state index contributed by atoms with van der Waals surface area (Å²) < 4.78 is 1.54. The highest BCUT2D eigenvalue weighted by molar-refractivity contribution is 6.13. The molecule has 1 aromatic heterocycles. The molecular formula is C24H14N2O. The molecule has 4 aromatic carbocycles. The van der Waals surface area contributed by atoms with Crippen LogP contribution in [0.2, 0.25) is 0 Å². The lowest BCUT2D eigenvalue weighted by Crippen LogP contribution is -2.21. The summed E-state index contributed by atoms with van der Waals surface area (Å²) in [6.07, 6.45) is 0. The van der Waals surface area contributed by atoms with E-state index in [1.54, 1.807) is 0 Å². The summed E-state index contributed by atoms with van der Waals surface area (Å²) in [6, 6.07) is 28.3. The summed E-state index contributed by atoms with van der Waals surface area (Å²) in [5.74, 6) is 0. The molecule has 3 nitrogen and oxygen atoms in total. The minimum atomic E-state index is -0.0845. The molecule has 0 fully saturated rings. The van der Waals surface area contributed by atoms with Gasteiger partial charge in [-0.05, 0) is 40.1 Å². The Kier molecular flexibility index (Phi) is 2.75. The number of fused-ring (bicyclic) bond motifs is 4. The zero-order chi connectivity index (χ0) is 18.0. The fourth-order valence-electron chi connectivity index (χ4n) is 4.12. The van der Waals surface area contributed by atoms with Gasteiger partial charge in [0.05, 0.1) is 11.1 Å². The monoisotopic (exact) mass is 346 g/mol. The van der Waals surface area contributed by atoms with E-state index in [-0.39, 0.29) is 5.56 Å². The fourth-order valence-corrected chi connectivity index (χ4v) is 4.12. The Labute approximate surface area is 155 Å². The number of hydrogen-bond donors (Lipinski definition) is 0. The van der Waals surface area contributed by atoms with Gasteiger partial charge in [-0.3, -0.25) is 4.79 Å². The molecule has 1 aliphatic carbocycles. The van der Waals surface area contributed by atoms with E-state index in [4.69, 9.17) is 5.10 Å². The van der Waals surface area contributed by atoms with E-state index >= 15 is 0 Å². The van der Waals surface area contributed by atoms with Gasteiger partial charge >= 0.3 is 0 Å². The molecule has 1 aliphatic rings. The zero-order valence-electron chi connectivity index (χ0n) is 14.4. The van der Waals surface area contributed by atoms with Gasteiger partial charge in [-0.1, -0.05) is 66.7 Å². The van der Waals surface area contributed by atoms with Crippen LogP contribution >= 0.6 is 0 Å². The third kappa shape index (κ3) is 1.91. The molecule has 0 radical (unpaired) electrons. The summed E-state index contributed by atoms with van der Waals surface area (Å²) >= 11 is 0. The molecule has 0 aliphatic heterocycles. The second-order valence-electron chi connectivity index (χ2n) is 6.87. The second-order valence-corrected chi connectivity index (χ2v) is 6.87. The Morgan fingerprint density at radius 1 is 0.667 bits per heavy atom. The van der Waals surface area contributed by atoms with Gasteiger partial charge in [0.25, 0.3) is 5.56 Å². The number of nitrogens with zero attached hydrogens (tertiary/aromatic N) is 2. The highest BCUT2D eigenvalue weighted by atomic mass is 16.1. The molecule has 5 aromatic rings. The SMILES string of the molecule is O=c1c2cccc3c2c(nn1-c1ccc2ccccc2c1)-c1ccccc1-3. The first kappa shape index (κ1) is 14.4. The predicted octanol–water partition coefficient (Wildman–Crippen LogP) is 5.19. The van der Waals surface area contributed by atoms with Crippen LogP contribution in [0.3, 0.4) is 0 Å². The minimum Gasteiger partial charge on any atom is -0.267 e. The van der Waals surface area contributed by atoms with Gasteiger partial charge in [0.1, 0.15) is 5.69 Å². The molecule has 0 saturated carbocycles. The summed E-state index contributed by atoms with van der Waals surface area (Å²) in [5.41, 5.74) is 4.89. The van der Waals surface area contributed by atoms with Gasteiger partial charge in [0.2, 0.25) is 0 Å². The van der Waals surface area contributed by atoms with Crippen molar-refractivity contribution < 1.29 is 0 Å². The van der Waals surface area contributed by atoms with Gasteiger partial charge in [-0.15, -0.1) is 0 Å². The molecule has 1 heterocycles. The largest absolute Gasteiger partial charge is 0.279 e. The molecule has 6 rings (SSSR count). The van der Waals surface area contributed by atoms with Crippen LogP contribution in [-0.2, 0) is 0 Å². The minimum absolute atomic E-state index is 0.0845. The zero-order valence-corrected chi connectivity index (χ0v) is 14.4. The summed E-state index contributed by atoms with van der Waals surface area (Å²) in [5, 5.41) is 8.70. The molecule has 3 heteroatoms. The number of benzene rings is 4. The van der Waals surface area contributed by atoms with Crippen LogP contribution < -0.4 is 5.56 Å². The molecule has 126 valence electrons. The molecule has 0 saturated heterocycles. The molecule has 0 amide bonds. The standard InChI is InChI=1S/C24H14N2O/c27-24-21-11-5-10-19-18-8-3-4-9-20(18)23(22(19)21)25-26(24)17-13-12-15-6-1-2-7-16(15)14-17/h1-14H. The van der Waals surface area contributed by atoms with Crippen LogP contribution in [0.4, 0.5) is 0 Å². The number of hydrogen-bond acceptors (Lipinski definition) is 2. The Bertz CT molecular complexity index is 1450. The Morgan fingerprint density at radius 2 is 1.41 bits per heavy atom. The lowest BCUT2D eigenvalue weighted by Gasteiger charge is -2.10. The highest BCUT2D eigenvalue weighted by Gasteiger charge is 2.25. The average molecular weight is 346 g/mol. The maximum absolute atomic E-state index is 13.2. The van der Waals surface area contributed by atoms with Crippen LogP contribution in [0.5, 0.6) is 0 Å². The second kappa shape index (κ2) is 5.15. The van der Waals surface area contributed by atoms with E-state index < -0.39 is 0 Å². The van der Waals surface area contributed by atoms with Crippen molar-refractivity contribution in [2.45, 2.75) is 0 Å². The van der Waals surface area contributed by atoms with E-state index in [0.29, 0.717) is 5.39 Å². The van der Waals surface area contributed by atoms with Crippen molar-refractivity contribution in [1.29, 1.82) is 0 Å². The quantitative estimate of drug-likeness (QED) is 0.411. The Hall–Kier alpha value is -3.72. The maximum Gasteiger partial charge on any atom is 0.279 e. The van der Waals surface area contributed by atoms with E-state index in [2.05, 4.69) is 30.3 Å². The first-order valence-corrected chi connectivity index (χ1v) is 8.96. The first-order valence-electron chi connectivity index (χ1n) is 8.96. The third-order valence-electron chi connectivity index (χ3n) is 5.37. The third-order valence-corrected chi connectivity index (χ3v) is 5.37. The lowest BCUT2D eigenvalue weighted by atomic mass is 10.0. The Morgan fingerprint density at radius 3 is 2.30 bits per heavy atom. The van der Waals surface area contributed by atoms with E-state index in [1.807, 2.05) is 54.6 Å². The van der Waals surface area contributed by atoms with Gasteiger partial charge in [-0.25, -0.2) is 0 Å². The highest BCUT2D eigenvalue weighted by Crippen LogP contribution is 2.44. The van der Waals surface area contributed by atoms with Crippen molar-refractivity contribution in [1.82, 2.24) is 9.78 Å². The van der Waals surface area contributed by atoms with Crippen molar-refractivity contribution in [3.8, 4) is 28.1 Å². The van der Waals surface area contributed by atoms with E-state index in [9.17, 15) is 4.79 Å². The van der Waals surface area contributed by atoms with Gasteiger partial charge in [0.15, 0.2) is 0 Å². The fraction of sp³-hybridized carbons (Fsp3) is 0. The van der Waals surface area contributed by atoms with Gasteiger partial charge in [-0.2, -0.15) is 9.78 Å². The van der Waals surface area contributed by atoms with Gasteiger partial charge in [0, 0.05) is 10.9 Å². The average Bonchev–Trinajstić information content (AvgIpc) is 3.05. The molecule has 27 heavy (non-hydrogen) atoms. The molecule has 0 N–H and O–H groups in total. The molecule has 0 spiro atoms. The number of aromatic nitrogens is 2.